The first-order chi connectivity index (χ1) is 17.3. The molecule has 2 heterocycles. The fourth-order valence-corrected chi connectivity index (χ4v) is 3.73. The second kappa shape index (κ2) is 11.3. The number of hydrogen-bond acceptors (Lipinski definition) is 5. The van der Waals surface area contributed by atoms with Crippen LogP contribution in [0.5, 0.6) is 0 Å². The Bertz CT molecular complexity index is 1460. The summed E-state index contributed by atoms with van der Waals surface area (Å²) in [6.07, 6.45) is 4.24. The fraction of sp³-hybridized carbons (Fsp3) is 0.0385. The first kappa shape index (κ1) is 25.2. The van der Waals surface area contributed by atoms with Crippen molar-refractivity contribution in [1.29, 1.82) is 0 Å². The van der Waals surface area contributed by atoms with E-state index in [9.17, 15) is 9.59 Å². The second-order valence-corrected chi connectivity index (χ2v) is 8.79. The molecule has 0 bridgehead atoms. The lowest BCUT2D eigenvalue weighted by molar-refractivity contribution is -0.115. The Morgan fingerprint density at radius 3 is 2.53 bits per heavy atom. The molecule has 4 rings (SSSR count). The van der Waals surface area contributed by atoms with Gasteiger partial charge in [0.05, 0.1) is 17.0 Å². The molecule has 0 aliphatic heterocycles. The first-order valence-electron chi connectivity index (χ1n) is 10.6. The topological polar surface area (TPSA) is 96.5 Å². The van der Waals surface area contributed by atoms with Gasteiger partial charge in [0, 0.05) is 22.3 Å². The van der Waals surface area contributed by atoms with Gasteiger partial charge >= 0.3 is 0 Å². The fourth-order valence-electron chi connectivity index (χ4n) is 3.10. The van der Waals surface area contributed by atoms with Crippen molar-refractivity contribution >= 4 is 69.8 Å². The molecule has 2 aromatic heterocycles. The van der Waals surface area contributed by atoms with E-state index >= 15 is 0 Å². The molecule has 182 valence electrons. The molecule has 7 nitrogen and oxygen atoms in total. The third-order valence-electron chi connectivity index (χ3n) is 4.94. The van der Waals surface area contributed by atoms with Crippen LogP contribution < -0.4 is 16.0 Å². The SMILES string of the molecule is Cc1ccc(-c2ccc(/C=C/C(=O)NC(=S)Nc3ccc(NC(=O)c4ccco4)c(Cl)c3)o2)cc1Cl. The lowest BCUT2D eigenvalue weighted by Gasteiger charge is -2.11. The summed E-state index contributed by atoms with van der Waals surface area (Å²) in [5.41, 5.74) is 2.73. The number of anilines is 2. The second-order valence-electron chi connectivity index (χ2n) is 7.57. The van der Waals surface area contributed by atoms with Crippen LogP contribution in [0, 0.1) is 6.92 Å². The van der Waals surface area contributed by atoms with E-state index in [1.165, 1.54) is 18.4 Å². The van der Waals surface area contributed by atoms with Gasteiger partial charge in [-0.2, -0.15) is 0 Å². The molecule has 3 N–H and O–H groups in total. The first-order valence-corrected chi connectivity index (χ1v) is 11.8. The number of carbonyl (C=O) groups is 2. The number of hydrogen-bond donors (Lipinski definition) is 3. The number of furan rings is 2. The zero-order valence-corrected chi connectivity index (χ0v) is 21.1. The summed E-state index contributed by atoms with van der Waals surface area (Å²) < 4.78 is 10.8. The van der Waals surface area contributed by atoms with E-state index in [0.29, 0.717) is 27.9 Å². The number of rotatable bonds is 6. The van der Waals surface area contributed by atoms with Gasteiger partial charge in [-0.15, -0.1) is 0 Å². The smallest absolute Gasteiger partial charge is 0.291 e. The highest BCUT2D eigenvalue weighted by molar-refractivity contribution is 7.80. The molecular weight excluding hydrogens is 521 g/mol. The molecule has 0 spiro atoms. The number of thiocarbonyl (C=S) groups is 1. The minimum absolute atomic E-state index is 0.0718. The predicted molar refractivity (Wildman–Crippen MR) is 145 cm³/mol. The van der Waals surface area contributed by atoms with Crippen LogP contribution in [0.2, 0.25) is 10.0 Å². The van der Waals surface area contributed by atoms with Gasteiger partial charge < -0.3 is 19.5 Å². The molecule has 0 saturated heterocycles. The van der Waals surface area contributed by atoms with Crippen LogP contribution in [-0.4, -0.2) is 16.9 Å². The van der Waals surface area contributed by atoms with Crippen LogP contribution in [0.4, 0.5) is 11.4 Å². The standard InChI is InChI=1S/C26H19Cl2N3O4S/c1-15-4-5-16(13-19(15)27)22-10-7-18(35-22)8-11-24(32)31-26(36)29-17-6-9-21(20(28)14-17)30-25(33)23-3-2-12-34-23/h2-14H,1H3,(H,30,33)(H2,29,31,32,36)/b11-8+. The van der Waals surface area contributed by atoms with Crippen molar-refractivity contribution in [1.82, 2.24) is 5.32 Å². The summed E-state index contributed by atoms with van der Waals surface area (Å²) in [4.78, 5) is 24.4. The molecule has 0 saturated carbocycles. The number of nitrogens with one attached hydrogen (secondary N) is 3. The number of aryl methyl sites for hydroxylation is 1. The van der Waals surface area contributed by atoms with Crippen LogP contribution in [0.3, 0.4) is 0 Å². The summed E-state index contributed by atoms with van der Waals surface area (Å²) in [5.74, 6) is 0.417. The van der Waals surface area contributed by atoms with Crippen molar-refractivity contribution in [3.8, 4) is 11.3 Å². The van der Waals surface area contributed by atoms with Gasteiger partial charge in [-0.25, -0.2) is 0 Å². The quantitative estimate of drug-likeness (QED) is 0.181. The highest BCUT2D eigenvalue weighted by Gasteiger charge is 2.12. The van der Waals surface area contributed by atoms with Crippen LogP contribution in [-0.2, 0) is 4.79 Å². The third kappa shape index (κ3) is 6.42. The average molecular weight is 540 g/mol. The highest BCUT2D eigenvalue weighted by atomic mass is 35.5. The van der Waals surface area contributed by atoms with E-state index in [0.717, 1.165) is 11.1 Å². The van der Waals surface area contributed by atoms with E-state index < -0.39 is 11.8 Å². The van der Waals surface area contributed by atoms with Crippen molar-refractivity contribution in [2.24, 2.45) is 0 Å². The molecule has 0 aliphatic carbocycles. The third-order valence-corrected chi connectivity index (χ3v) is 5.86. The van der Waals surface area contributed by atoms with Crippen LogP contribution >= 0.6 is 35.4 Å². The van der Waals surface area contributed by atoms with Crippen molar-refractivity contribution < 1.29 is 18.4 Å². The maximum atomic E-state index is 12.3. The van der Waals surface area contributed by atoms with Crippen LogP contribution in [0.25, 0.3) is 17.4 Å². The maximum Gasteiger partial charge on any atom is 0.291 e. The molecule has 0 fully saturated rings. The van der Waals surface area contributed by atoms with Crippen molar-refractivity contribution in [2.45, 2.75) is 6.92 Å². The lowest BCUT2D eigenvalue weighted by Crippen LogP contribution is -2.32. The van der Waals surface area contributed by atoms with Gasteiger partial charge in [0.15, 0.2) is 10.9 Å². The van der Waals surface area contributed by atoms with E-state index in [-0.39, 0.29) is 15.9 Å². The molecule has 0 aliphatic rings. The Morgan fingerprint density at radius 2 is 1.81 bits per heavy atom. The zero-order valence-electron chi connectivity index (χ0n) is 18.8. The van der Waals surface area contributed by atoms with E-state index in [1.807, 2.05) is 25.1 Å². The Morgan fingerprint density at radius 1 is 0.972 bits per heavy atom. The lowest BCUT2D eigenvalue weighted by atomic mass is 10.1. The molecule has 36 heavy (non-hydrogen) atoms. The Balaban J connectivity index is 1.31. The Hall–Kier alpha value is -3.85. The maximum absolute atomic E-state index is 12.3. The number of amides is 2. The van der Waals surface area contributed by atoms with E-state index in [4.69, 9.17) is 44.3 Å². The monoisotopic (exact) mass is 539 g/mol. The summed E-state index contributed by atoms with van der Waals surface area (Å²) in [6, 6.07) is 17.2. The van der Waals surface area contributed by atoms with Crippen molar-refractivity contribution in [3.05, 3.63) is 100 Å². The van der Waals surface area contributed by atoms with E-state index in [2.05, 4.69) is 16.0 Å². The minimum atomic E-state index is -0.447. The summed E-state index contributed by atoms with van der Waals surface area (Å²) >= 11 is 17.6. The Kier molecular flexibility index (Phi) is 7.90. The zero-order chi connectivity index (χ0) is 25.7. The van der Waals surface area contributed by atoms with E-state index in [1.54, 1.807) is 42.5 Å². The largest absolute Gasteiger partial charge is 0.459 e. The molecule has 0 atom stereocenters. The number of benzene rings is 2. The summed E-state index contributed by atoms with van der Waals surface area (Å²) in [7, 11) is 0. The van der Waals surface area contributed by atoms with Crippen molar-refractivity contribution in [2.75, 3.05) is 10.6 Å². The average Bonchev–Trinajstić information content (AvgIpc) is 3.54. The van der Waals surface area contributed by atoms with Gasteiger partial charge in [-0.05, 0) is 79.3 Å². The van der Waals surface area contributed by atoms with Gasteiger partial charge in [0.25, 0.3) is 5.91 Å². The van der Waals surface area contributed by atoms with Gasteiger partial charge in [-0.1, -0.05) is 35.3 Å². The molecule has 2 aromatic carbocycles. The van der Waals surface area contributed by atoms with Crippen molar-refractivity contribution in [3.63, 3.8) is 0 Å². The minimum Gasteiger partial charge on any atom is -0.459 e. The molecule has 10 heteroatoms. The molecule has 2 amide bonds. The number of carbonyl (C=O) groups excluding carboxylic acids is 2. The summed E-state index contributed by atoms with van der Waals surface area (Å²) in [5, 5.41) is 9.07. The van der Waals surface area contributed by atoms with Gasteiger partial charge in [-0.3, -0.25) is 14.9 Å². The van der Waals surface area contributed by atoms with Crippen LogP contribution in [0.1, 0.15) is 21.9 Å². The molecule has 0 radical (unpaired) electrons. The number of halogens is 2. The highest BCUT2D eigenvalue weighted by Crippen LogP contribution is 2.28. The van der Waals surface area contributed by atoms with Gasteiger partial charge in [0.1, 0.15) is 11.5 Å². The molecule has 4 aromatic rings. The predicted octanol–water partition coefficient (Wildman–Crippen LogP) is 6.93. The normalized spacial score (nSPS) is 10.9. The summed E-state index contributed by atoms with van der Waals surface area (Å²) in [6.45, 7) is 1.92. The molecule has 0 unspecified atom stereocenters. The van der Waals surface area contributed by atoms with Gasteiger partial charge in [0.2, 0.25) is 5.91 Å². The van der Waals surface area contributed by atoms with Crippen LogP contribution in [0.15, 0.2) is 81.8 Å². The Labute approximate surface area is 222 Å². The molecular formula is C26H19Cl2N3O4S.